The van der Waals surface area contributed by atoms with Crippen LogP contribution in [0.5, 0.6) is 0 Å². The summed E-state index contributed by atoms with van der Waals surface area (Å²) in [6.45, 7) is 1.37. The molecule has 0 amide bonds. The van der Waals surface area contributed by atoms with Crippen molar-refractivity contribution >= 4 is 5.97 Å². The first kappa shape index (κ1) is 25.4. The van der Waals surface area contributed by atoms with E-state index < -0.39 is 18.0 Å². The maximum absolute atomic E-state index is 11.5. The number of hydrogen-bond acceptors (Lipinski definition) is 7. The normalized spacial score (nSPS) is 33.3. The van der Waals surface area contributed by atoms with Crippen molar-refractivity contribution in [2.45, 2.75) is 95.1 Å². The molecule has 1 aromatic rings. The van der Waals surface area contributed by atoms with E-state index >= 15 is 0 Å². The average Bonchev–Trinajstić information content (AvgIpc) is 3.45. The van der Waals surface area contributed by atoms with Crippen molar-refractivity contribution in [1.82, 2.24) is 0 Å². The van der Waals surface area contributed by atoms with Crippen LogP contribution in [-0.2, 0) is 30.2 Å². The molecule has 7 unspecified atom stereocenters. The van der Waals surface area contributed by atoms with E-state index in [1.165, 1.54) is 0 Å². The fraction of sp³-hybridized carbons (Fsp3) is 0.731. The minimum absolute atomic E-state index is 0.106. The van der Waals surface area contributed by atoms with E-state index in [9.17, 15) is 15.0 Å². The predicted molar refractivity (Wildman–Crippen MR) is 123 cm³/mol. The maximum atomic E-state index is 11.5. The Hall–Kier alpha value is -1.71. The van der Waals surface area contributed by atoms with Gasteiger partial charge in [-0.1, -0.05) is 12.2 Å². The lowest BCUT2D eigenvalue weighted by Crippen LogP contribution is -2.31. The molecule has 0 spiro atoms. The van der Waals surface area contributed by atoms with Gasteiger partial charge in [0.1, 0.15) is 5.76 Å². The molecule has 190 valence electrons. The van der Waals surface area contributed by atoms with Crippen molar-refractivity contribution in [3.05, 3.63) is 36.3 Å². The van der Waals surface area contributed by atoms with Crippen LogP contribution in [0.1, 0.15) is 63.5 Å². The molecule has 2 aliphatic heterocycles. The highest BCUT2D eigenvalue weighted by Gasteiger charge is 2.44. The lowest BCUT2D eigenvalue weighted by atomic mass is 9.89. The summed E-state index contributed by atoms with van der Waals surface area (Å²) < 4.78 is 29.6. The third kappa shape index (κ3) is 7.39. The number of aliphatic hydroxyl groups excluding tert-OH is 1. The molecule has 8 nitrogen and oxygen atoms in total. The molecular formula is C26H38O8. The van der Waals surface area contributed by atoms with Gasteiger partial charge in [-0.2, -0.15) is 0 Å². The minimum Gasteiger partial charge on any atom is -0.481 e. The fourth-order valence-electron chi connectivity index (χ4n) is 5.22. The summed E-state index contributed by atoms with van der Waals surface area (Å²) in [5.74, 6) is -0.682. The van der Waals surface area contributed by atoms with Crippen LogP contribution in [0.15, 0.2) is 35.0 Å². The Kier molecular flexibility index (Phi) is 9.58. The summed E-state index contributed by atoms with van der Waals surface area (Å²) in [5.41, 5.74) is 0. The summed E-state index contributed by atoms with van der Waals surface area (Å²) in [7, 11) is 0. The Morgan fingerprint density at radius 1 is 1.15 bits per heavy atom. The quantitative estimate of drug-likeness (QED) is 0.459. The Morgan fingerprint density at radius 2 is 1.91 bits per heavy atom. The van der Waals surface area contributed by atoms with Gasteiger partial charge in [0.2, 0.25) is 0 Å². The van der Waals surface area contributed by atoms with E-state index in [1.807, 2.05) is 24.3 Å². The van der Waals surface area contributed by atoms with E-state index in [0.717, 1.165) is 50.7 Å². The molecule has 7 atom stereocenters. The SMILES string of the molecule is O=C(O)CC1C(O)CC(OC2CCCCO2)C1C=CC(CCc1ccco1)OC1CCCCO1. The van der Waals surface area contributed by atoms with E-state index in [4.69, 9.17) is 23.4 Å². The average molecular weight is 479 g/mol. The molecule has 3 aliphatic rings. The first-order valence-electron chi connectivity index (χ1n) is 12.7. The highest BCUT2D eigenvalue weighted by atomic mass is 16.7. The van der Waals surface area contributed by atoms with Gasteiger partial charge in [0.15, 0.2) is 12.6 Å². The van der Waals surface area contributed by atoms with Gasteiger partial charge in [-0.05, 0) is 57.1 Å². The zero-order valence-electron chi connectivity index (χ0n) is 19.8. The van der Waals surface area contributed by atoms with Crippen molar-refractivity contribution in [2.24, 2.45) is 11.8 Å². The smallest absolute Gasteiger partial charge is 0.303 e. The predicted octanol–water partition coefficient (Wildman–Crippen LogP) is 4.06. The van der Waals surface area contributed by atoms with Crippen molar-refractivity contribution < 1.29 is 38.4 Å². The van der Waals surface area contributed by atoms with E-state index in [-0.39, 0.29) is 37.1 Å². The summed E-state index contributed by atoms with van der Waals surface area (Å²) in [4.78, 5) is 11.5. The molecule has 8 heteroatoms. The summed E-state index contributed by atoms with van der Waals surface area (Å²) >= 11 is 0. The minimum atomic E-state index is -0.918. The lowest BCUT2D eigenvalue weighted by molar-refractivity contribution is -0.193. The molecule has 3 fully saturated rings. The second-order valence-electron chi connectivity index (χ2n) is 9.59. The van der Waals surface area contributed by atoms with Crippen LogP contribution < -0.4 is 0 Å². The molecule has 3 heterocycles. The monoisotopic (exact) mass is 478 g/mol. The molecule has 4 rings (SSSR count). The fourth-order valence-corrected chi connectivity index (χ4v) is 5.22. The standard InChI is InChI=1S/C26H38O8/c27-22-17-23(34-26-8-2-4-14-32-26)20(21(22)16-24(28)29)12-11-19(10-9-18-6-5-15-30-18)33-25-7-1-3-13-31-25/h5-6,11-12,15,19-23,25-27H,1-4,7-10,13-14,16-17H2,(H,28,29). The van der Waals surface area contributed by atoms with Crippen molar-refractivity contribution in [3.8, 4) is 0 Å². The van der Waals surface area contributed by atoms with Crippen LogP contribution in [-0.4, -0.2) is 60.3 Å². The summed E-state index contributed by atoms with van der Waals surface area (Å²) in [6.07, 6.45) is 11.5. The lowest BCUT2D eigenvalue weighted by Gasteiger charge is -2.29. The number of carbonyl (C=O) groups is 1. The topological polar surface area (TPSA) is 108 Å². The number of ether oxygens (including phenoxy) is 4. The molecule has 1 aromatic heterocycles. The van der Waals surface area contributed by atoms with Crippen LogP contribution in [0, 0.1) is 11.8 Å². The Morgan fingerprint density at radius 3 is 2.56 bits per heavy atom. The number of aliphatic hydroxyl groups is 1. The Balaban J connectivity index is 1.46. The maximum Gasteiger partial charge on any atom is 0.303 e. The second-order valence-corrected chi connectivity index (χ2v) is 9.59. The van der Waals surface area contributed by atoms with Crippen LogP contribution in [0.4, 0.5) is 0 Å². The van der Waals surface area contributed by atoms with Crippen LogP contribution in [0.2, 0.25) is 0 Å². The van der Waals surface area contributed by atoms with E-state index in [1.54, 1.807) is 6.26 Å². The molecule has 2 saturated heterocycles. The highest BCUT2D eigenvalue weighted by molar-refractivity contribution is 5.67. The Bertz CT molecular complexity index is 751. The first-order chi connectivity index (χ1) is 16.6. The second kappa shape index (κ2) is 12.8. The molecule has 0 aromatic carbocycles. The van der Waals surface area contributed by atoms with Gasteiger partial charge in [-0.15, -0.1) is 0 Å². The molecule has 2 N–H and O–H groups in total. The molecule has 34 heavy (non-hydrogen) atoms. The Labute approximate surface area is 201 Å². The van der Waals surface area contributed by atoms with Gasteiger partial charge in [0.25, 0.3) is 0 Å². The largest absolute Gasteiger partial charge is 0.481 e. The zero-order valence-corrected chi connectivity index (χ0v) is 19.8. The van der Waals surface area contributed by atoms with Crippen molar-refractivity contribution in [1.29, 1.82) is 0 Å². The first-order valence-corrected chi connectivity index (χ1v) is 12.7. The highest BCUT2D eigenvalue weighted by Crippen LogP contribution is 2.39. The zero-order chi connectivity index (χ0) is 23.8. The number of furan rings is 1. The van der Waals surface area contributed by atoms with Gasteiger partial charge >= 0.3 is 5.97 Å². The van der Waals surface area contributed by atoms with E-state index in [2.05, 4.69) is 0 Å². The summed E-state index contributed by atoms with van der Waals surface area (Å²) in [5, 5.41) is 20.1. The third-order valence-corrected chi connectivity index (χ3v) is 7.03. The van der Waals surface area contributed by atoms with Crippen LogP contribution in [0.3, 0.4) is 0 Å². The number of hydrogen-bond donors (Lipinski definition) is 2. The van der Waals surface area contributed by atoms with Gasteiger partial charge in [-0.3, -0.25) is 4.79 Å². The molecule has 1 aliphatic carbocycles. The van der Waals surface area contributed by atoms with E-state index in [0.29, 0.717) is 26.1 Å². The van der Waals surface area contributed by atoms with Gasteiger partial charge in [0, 0.05) is 37.9 Å². The van der Waals surface area contributed by atoms with Crippen LogP contribution >= 0.6 is 0 Å². The third-order valence-electron chi connectivity index (χ3n) is 7.03. The van der Waals surface area contributed by atoms with Gasteiger partial charge in [-0.25, -0.2) is 0 Å². The molecule has 0 bridgehead atoms. The molecule has 0 radical (unpaired) electrons. The number of carboxylic acids is 1. The molecular weight excluding hydrogens is 440 g/mol. The van der Waals surface area contributed by atoms with Gasteiger partial charge in [0.05, 0.1) is 31.0 Å². The van der Waals surface area contributed by atoms with Crippen LogP contribution in [0.25, 0.3) is 0 Å². The number of aliphatic carboxylic acids is 1. The number of rotatable bonds is 11. The summed E-state index contributed by atoms with van der Waals surface area (Å²) in [6, 6.07) is 3.82. The number of carboxylic acid groups (broad SMARTS) is 1. The molecule has 1 saturated carbocycles. The number of aryl methyl sites for hydroxylation is 1. The van der Waals surface area contributed by atoms with Gasteiger partial charge < -0.3 is 33.6 Å². The van der Waals surface area contributed by atoms with Crippen molar-refractivity contribution in [3.63, 3.8) is 0 Å². The van der Waals surface area contributed by atoms with Crippen molar-refractivity contribution in [2.75, 3.05) is 13.2 Å².